The Bertz CT molecular complexity index is 729. The molecule has 0 saturated heterocycles. The summed E-state index contributed by atoms with van der Waals surface area (Å²) in [5.41, 5.74) is 0.582. The van der Waals surface area contributed by atoms with Gasteiger partial charge in [-0.25, -0.2) is 0 Å². The molecule has 3 nitrogen and oxygen atoms in total. The Kier molecular flexibility index (Phi) is 2.48. The number of hydrogen-bond acceptors (Lipinski definition) is 3. The number of rotatable bonds is 0. The SMILES string of the molecule is CC1(C)OP2([O-])(OC(C)(C)c3ccccc32)c2ccccc21. The Morgan fingerprint density at radius 3 is 1.50 bits per heavy atom. The molecule has 0 aliphatic carbocycles. The molecule has 0 fully saturated rings. The molecule has 4 heteroatoms. The van der Waals surface area contributed by atoms with Crippen molar-refractivity contribution in [1.82, 2.24) is 0 Å². The molecule has 2 aliphatic rings. The van der Waals surface area contributed by atoms with Crippen LogP contribution in [-0.4, -0.2) is 0 Å². The topological polar surface area (TPSA) is 41.5 Å². The summed E-state index contributed by atoms with van der Waals surface area (Å²) >= 11 is 0. The maximum absolute atomic E-state index is 14.4. The van der Waals surface area contributed by atoms with Crippen molar-refractivity contribution in [3.63, 3.8) is 0 Å². The average Bonchev–Trinajstić information content (AvgIpc) is 2.76. The van der Waals surface area contributed by atoms with E-state index in [1.807, 2.05) is 76.2 Å². The van der Waals surface area contributed by atoms with E-state index in [1.54, 1.807) is 0 Å². The van der Waals surface area contributed by atoms with Crippen molar-refractivity contribution < 1.29 is 13.9 Å². The van der Waals surface area contributed by atoms with Gasteiger partial charge in [0.1, 0.15) is 0 Å². The molecule has 1 spiro atoms. The van der Waals surface area contributed by atoms with Crippen LogP contribution in [0.1, 0.15) is 38.8 Å². The Labute approximate surface area is 131 Å². The van der Waals surface area contributed by atoms with Gasteiger partial charge in [0.2, 0.25) is 0 Å². The van der Waals surface area contributed by atoms with Gasteiger partial charge in [-0.3, -0.25) is 0 Å². The molecule has 4 rings (SSSR count). The quantitative estimate of drug-likeness (QED) is 0.702. The van der Waals surface area contributed by atoms with Crippen LogP contribution in [0.5, 0.6) is 0 Å². The van der Waals surface area contributed by atoms with Crippen molar-refractivity contribution in [2.75, 3.05) is 0 Å². The van der Waals surface area contributed by atoms with E-state index in [9.17, 15) is 4.89 Å². The van der Waals surface area contributed by atoms with E-state index in [4.69, 9.17) is 9.05 Å². The zero-order valence-corrected chi connectivity index (χ0v) is 14.2. The Morgan fingerprint density at radius 2 is 1.09 bits per heavy atom. The van der Waals surface area contributed by atoms with Gasteiger partial charge in [-0.05, 0) is 0 Å². The molecule has 0 unspecified atom stereocenters. The zero-order valence-electron chi connectivity index (χ0n) is 13.3. The summed E-state index contributed by atoms with van der Waals surface area (Å²) in [5.74, 6) is 0. The molecular weight excluding hydrogens is 295 g/mol. The first-order valence-electron chi connectivity index (χ1n) is 7.56. The molecule has 22 heavy (non-hydrogen) atoms. The summed E-state index contributed by atoms with van der Waals surface area (Å²) in [4.78, 5) is 14.4. The van der Waals surface area contributed by atoms with Crippen LogP contribution in [-0.2, 0) is 20.2 Å². The Balaban J connectivity index is 2.13. The number of fused-ring (bicyclic) bond motifs is 4. The average molecular weight is 315 g/mol. The zero-order chi connectivity index (χ0) is 15.8. The van der Waals surface area contributed by atoms with Crippen LogP contribution in [0.25, 0.3) is 0 Å². The van der Waals surface area contributed by atoms with Crippen LogP contribution in [0.2, 0.25) is 0 Å². The van der Waals surface area contributed by atoms with E-state index < -0.39 is 18.5 Å². The van der Waals surface area contributed by atoms with Gasteiger partial charge in [0.05, 0.1) is 0 Å². The third kappa shape index (κ3) is 1.50. The maximum atomic E-state index is 14.4. The minimum atomic E-state index is -4.33. The summed E-state index contributed by atoms with van der Waals surface area (Å²) in [6.45, 7) is 7.79. The van der Waals surface area contributed by atoms with Crippen LogP contribution < -0.4 is 15.5 Å². The van der Waals surface area contributed by atoms with E-state index in [1.165, 1.54) is 0 Å². The summed E-state index contributed by atoms with van der Waals surface area (Å²) in [7, 11) is -4.33. The van der Waals surface area contributed by atoms with E-state index in [-0.39, 0.29) is 0 Å². The molecule has 2 aromatic carbocycles. The summed E-state index contributed by atoms with van der Waals surface area (Å²) < 4.78 is 12.5. The first-order valence-corrected chi connectivity index (χ1v) is 9.55. The Morgan fingerprint density at radius 1 is 0.727 bits per heavy atom. The van der Waals surface area contributed by atoms with Crippen molar-refractivity contribution in [1.29, 1.82) is 0 Å². The first-order chi connectivity index (χ1) is 10.2. The molecule has 2 aromatic rings. The molecule has 2 aliphatic heterocycles. The fraction of sp³-hybridized carbons (Fsp3) is 0.333. The summed E-state index contributed by atoms with van der Waals surface area (Å²) in [6, 6.07) is 15.4. The monoisotopic (exact) mass is 315 g/mol. The minimum absolute atomic E-state index is 0.649. The van der Waals surface area contributed by atoms with Gasteiger partial charge in [0, 0.05) is 0 Å². The number of hydrogen-bond donors (Lipinski definition) is 0. The molecule has 0 radical (unpaired) electrons. The van der Waals surface area contributed by atoms with Gasteiger partial charge in [0.25, 0.3) is 0 Å². The first kappa shape index (κ1) is 14.3. The molecule has 2 heterocycles. The van der Waals surface area contributed by atoms with Gasteiger partial charge in [-0.15, -0.1) is 0 Å². The molecule has 0 aromatic heterocycles. The van der Waals surface area contributed by atoms with Crippen molar-refractivity contribution >= 4 is 17.9 Å². The normalized spacial score (nSPS) is 26.9. The van der Waals surface area contributed by atoms with E-state index >= 15 is 0 Å². The molecule has 116 valence electrons. The van der Waals surface area contributed by atoms with Crippen LogP contribution >= 0.6 is 7.28 Å². The Hall–Kier alpha value is -1.25. The van der Waals surface area contributed by atoms with Gasteiger partial charge < -0.3 is 0 Å². The van der Waals surface area contributed by atoms with Crippen molar-refractivity contribution in [2.45, 2.75) is 38.9 Å². The molecule has 0 amide bonds. The third-order valence-electron chi connectivity index (χ3n) is 4.72. The van der Waals surface area contributed by atoms with Crippen LogP contribution in [0.3, 0.4) is 0 Å². The van der Waals surface area contributed by atoms with Crippen LogP contribution in [0.4, 0.5) is 0 Å². The van der Waals surface area contributed by atoms with Crippen LogP contribution in [0.15, 0.2) is 48.5 Å². The van der Waals surface area contributed by atoms with E-state index in [0.717, 1.165) is 11.1 Å². The second kappa shape index (κ2) is 3.80. The van der Waals surface area contributed by atoms with E-state index in [0.29, 0.717) is 10.6 Å². The predicted octanol–water partition coefficient (Wildman–Crippen LogP) is 2.83. The van der Waals surface area contributed by atoms with Crippen LogP contribution in [0, 0.1) is 0 Å². The second-order valence-corrected chi connectivity index (χ2v) is 10.2. The second-order valence-electron chi connectivity index (χ2n) is 7.12. The van der Waals surface area contributed by atoms with Gasteiger partial charge in [-0.2, -0.15) is 0 Å². The van der Waals surface area contributed by atoms with Gasteiger partial charge in [0.15, 0.2) is 0 Å². The molecule has 0 atom stereocenters. The summed E-state index contributed by atoms with van der Waals surface area (Å²) in [6.07, 6.45) is 0. The van der Waals surface area contributed by atoms with Crippen molar-refractivity contribution in [3.8, 4) is 0 Å². The predicted molar refractivity (Wildman–Crippen MR) is 87.3 cm³/mol. The van der Waals surface area contributed by atoms with Gasteiger partial charge in [-0.1, -0.05) is 0 Å². The van der Waals surface area contributed by atoms with Crippen molar-refractivity contribution in [3.05, 3.63) is 59.7 Å². The molecule has 0 bridgehead atoms. The fourth-order valence-electron chi connectivity index (χ4n) is 3.91. The number of benzene rings is 2. The van der Waals surface area contributed by atoms with Crippen molar-refractivity contribution in [2.24, 2.45) is 0 Å². The molecular formula is C18H20O3P-. The summed E-state index contributed by atoms with van der Waals surface area (Å²) in [5, 5.41) is 1.38. The molecule has 0 saturated carbocycles. The third-order valence-corrected chi connectivity index (χ3v) is 8.74. The van der Waals surface area contributed by atoms with E-state index in [2.05, 4.69) is 0 Å². The molecule has 0 N–H and O–H groups in total. The standard InChI is InChI=1S/C18H20O3P/c1-17(2)13-9-5-7-11-15(13)22(19,20-17)16-12-8-6-10-14(16)18(3,4)21-22/h5-12H,1-4H3/q-1. The fourth-order valence-corrected chi connectivity index (χ4v) is 8.66. The van der Waals surface area contributed by atoms with Gasteiger partial charge >= 0.3 is 130 Å².